The average Bonchev–Trinajstić information content (AvgIpc) is 2.82. The van der Waals surface area contributed by atoms with E-state index >= 15 is 0 Å². The maximum Gasteiger partial charge on any atom is 0.229 e. The largest absolute Gasteiger partial charge is 0.340 e. The van der Waals surface area contributed by atoms with Gasteiger partial charge in [-0.1, -0.05) is 0 Å². The second-order valence-corrected chi connectivity index (χ2v) is 4.63. The highest BCUT2D eigenvalue weighted by atomic mass is 32.1. The quantitative estimate of drug-likeness (QED) is 0.821. The molecule has 1 aromatic heterocycles. The molecular weight excluding hydrogens is 208 g/mol. The number of nitrogens with zero attached hydrogens (tertiary/aromatic N) is 1. The van der Waals surface area contributed by atoms with Crippen molar-refractivity contribution in [1.29, 1.82) is 0 Å². The summed E-state index contributed by atoms with van der Waals surface area (Å²) in [7, 11) is 0. The molecule has 1 saturated heterocycles. The number of carbonyl (C=O) groups is 1. The number of hydrogen-bond donors (Lipinski definition) is 1. The van der Waals surface area contributed by atoms with Crippen LogP contribution in [0.15, 0.2) is 16.8 Å². The second kappa shape index (κ2) is 4.77. The molecule has 2 rings (SSSR count). The highest BCUT2D eigenvalue weighted by molar-refractivity contribution is 7.08. The van der Waals surface area contributed by atoms with E-state index in [4.69, 9.17) is 0 Å². The summed E-state index contributed by atoms with van der Waals surface area (Å²) in [5, 5.41) is 7.34. The van der Waals surface area contributed by atoms with Crippen LogP contribution in [0.4, 0.5) is 0 Å². The monoisotopic (exact) mass is 224 g/mol. The van der Waals surface area contributed by atoms with Gasteiger partial charge in [-0.25, -0.2) is 0 Å². The molecule has 1 aliphatic rings. The van der Waals surface area contributed by atoms with Crippen LogP contribution in [0.1, 0.15) is 18.4 Å². The number of piperazine rings is 1. The van der Waals surface area contributed by atoms with E-state index in [1.807, 2.05) is 23.3 Å². The molecule has 82 valence electrons. The molecule has 0 aromatic carbocycles. The zero-order chi connectivity index (χ0) is 10.7. The van der Waals surface area contributed by atoms with Crippen LogP contribution in [0.3, 0.4) is 0 Å². The zero-order valence-corrected chi connectivity index (χ0v) is 9.72. The summed E-state index contributed by atoms with van der Waals surface area (Å²) >= 11 is 1.65. The van der Waals surface area contributed by atoms with Crippen molar-refractivity contribution in [2.45, 2.75) is 12.8 Å². The van der Waals surface area contributed by atoms with Gasteiger partial charge in [0.25, 0.3) is 0 Å². The average molecular weight is 224 g/mol. The van der Waals surface area contributed by atoms with Gasteiger partial charge in [-0.15, -0.1) is 0 Å². The molecule has 4 heteroatoms. The van der Waals surface area contributed by atoms with Crippen molar-refractivity contribution < 1.29 is 4.79 Å². The van der Waals surface area contributed by atoms with Gasteiger partial charge in [0.2, 0.25) is 5.91 Å². The van der Waals surface area contributed by atoms with Gasteiger partial charge in [0, 0.05) is 26.2 Å². The van der Waals surface area contributed by atoms with Crippen molar-refractivity contribution >= 4 is 17.2 Å². The van der Waals surface area contributed by atoms with E-state index in [-0.39, 0.29) is 11.8 Å². The molecular formula is C11H16N2OS. The van der Waals surface area contributed by atoms with Crippen molar-refractivity contribution in [3.05, 3.63) is 22.4 Å². The van der Waals surface area contributed by atoms with Crippen LogP contribution in [0.5, 0.6) is 0 Å². The molecule has 1 fully saturated rings. The third-order valence-electron chi connectivity index (χ3n) is 2.84. The number of rotatable bonds is 2. The van der Waals surface area contributed by atoms with Crippen LogP contribution in [0.2, 0.25) is 0 Å². The Morgan fingerprint density at radius 3 is 2.87 bits per heavy atom. The van der Waals surface area contributed by atoms with Gasteiger partial charge in [0.05, 0.1) is 5.92 Å². The molecule has 0 radical (unpaired) electrons. The van der Waals surface area contributed by atoms with Gasteiger partial charge < -0.3 is 10.2 Å². The van der Waals surface area contributed by atoms with Gasteiger partial charge in [0.15, 0.2) is 0 Å². The molecule has 0 bridgehead atoms. The maximum atomic E-state index is 12.1. The highest BCUT2D eigenvalue weighted by Crippen LogP contribution is 2.20. The first kappa shape index (κ1) is 10.6. The van der Waals surface area contributed by atoms with Crippen LogP contribution < -0.4 is 5.32 Å². The molecule has 1 unspecified atom stereocenters. The summed E-state index contributed by atoms with van der Waals surface area (Å²) in [5.74, 6) is 0.268. The van der Waals surface area contributed by atoms with Crippen molar-refractivity contribution in [2.24, 2.45) is 0 Å². The SMILES string of the molecule is CC(C(=O)N1CCNCC1)c1ccsc1. The first-order chi connectivity index (χ1) is 7.29. The molecule has 3 nitrogen and oxygen atoms in total. The van der Waals surface area contributed by atoms with E-state index in [2.05, 4.69) is 10.7 Å². The Labute approximate surface area is 94.1 Å². The number of thiophene rings is 1. The third-order valence-corrected chi connectivity index (χ3v) is 3.54. The van der Waals surface area contributed by atoms with Gasteiger partial charge in [0.1, 0.15) is 0 Å². The number of nitrogens with one attached hydrogen (secondary N) is 1. The van der Waals surface area contributed by atoms with E-state index < -0.39 is 0 Å². The first-order valence-corrected chi connectivity index (χ1v) is 6.25. The Morgan fingerprint density at radius 2 is 2.27 bits per heavy atom. The minimum absolute atomic E-state index is 0.00866. The van der Waals surface area contributed by atoms with E-state index in [0.717, 1.165) is 31.7 Å². The van der Waals surface area contributed by atoms with Crippen LogP contribution in [0, 0.1) is 0 Å². The Balaban J connectivity index is 2.00. The third kappa shape index (κ3) is 2.38. The molecule has 2 heterocycles. The lowest BCUT2D eigenvalue weighted by molar-refractivity contribution is -0.133. The van der Waals surface area contributed by atoms with E-state index in [1.165, 1.54) is 0 Å². The summed E-state index contributed by atoms with van der Waals surface area (Å²) < 4.78 is 0. The lowest BCUT2D eigenvalue weighted by atomic mass is 10.0. The first-order valence-electron chi connectivity index (χ1n) is 5.30. The van der Waals surface area contributed by atoms with E-state index in [1.54, 1.807) is 11.3 Å². The van der Waals surface area contributed by atoms with Crippen LogP contribution in [0.25, 0.3) is 0 Å². The molecule has 1 atom stereocenters. The summed E-state index contributed by atoms with van der Waals surface area (Å²) in [6, 6.07) is 2.04. The molecule has 15 heavy (non-hydrogen) atoms. The van der Waals surface area contributed by atoms with Gasteiger partial charge in [-0.2, -0.15) is 11.3 Å². The number of hydrogen-bond acceptors (Lipinski definition) is 3. The predicted molar refractivity (Wildman–Crippen MR) is 62.2 cm³/mol. The summed E-state index contributed by atoms with van der Waals surface area (Å²) in [6.45, 7) is 5.51. The van der Waals surface area contributed by atoms with Gasteiger partial charge in [-0.05, 0) is 29.3 Å². The van der Waals surface area contributed by atoms with Crippen molar-refractivity contribution in [2.75, 3.05) is 26.2 Å². The maximum absolute atomic E-state index is 12.1. The Kier molecular flexibility index (Phi) is 3.38. The van der Waals surface area contributed by atoms with Crippen LogP contribution in [-0.4, -0.2) is 37.0 Å². The molecule has 1 aliphatic heterocycles. The molecule has 0 spiro atoms. The molecule has 1 amide bonds. The molecule has 0 aliphatic carbocycles. The fraction of sp³-hybridized carbons (Fsp3) is 0.545. The Hall–Kier alpha value is -0.870. The second-order valence-electron chi connectivity index (χ2n) is 3.85. The van der Waals surface area contributed by atoms with E-state index in [0.29, 0.717) is 0 Å². The predicted octanol–water partition coefficient (Wildman–Crippen LogP) is 1.28. The fourth-order valence-electron chi connectivity index (χ4n) is 1.82. The smallest absolute Gasteiger partial charge is 0.229 e. The van der Waals surface area contributed by atoms with Crippen molar-refractivity contribution in [3.63, 3.8) is 0 Å². The number of amides is 1. The summed E-state index contributed by atoms with van der Waals surface area (Å²) in [6.07, 6.45) is 0. The van der Waals surface area contributed by atoms with Gasteiger partial charge in [-0.3, -0.25) is 4.79 Å². The Morgan fingerprint density at radius 1 is 1.53 bits per heavy atom. The standard InChI is InChI=1S/C11H16N2OS/c1-9(10-2-7-15-8-10)11(14)13-5-3-12-4-6-13/h2,7-9,12H,3-6H2,1H3. The fourth-order valence-corrected chi connectivity index (χ4v) is 2.58. The normalized spacial score (nSPS) is 18.9. The van der Waals surface area contributed by atoms with Gasteiger partial charge >= 0.3 is 0 Å². The van der Waals surface area contributed by atoms with E-state index in [9.17, 15) is 4.79 Å². The molecule has 0 saturated carbocycles. The summed E-state index contributed by atoms with van der Waals surface area (Å²) in [4.78, 5) is 14.1. The lowest BCUT2D eigenvalue weighted by Gasteiger charge is -2.29. The van der Waals surface area contributed by atoms with Crippen LogP contribution >= 0.6 is 11.3 Å². The van der Waals surface area contributed by atoms with Crippen molar-refractivity contribution in [3.8, 4) is 0 Å². The minimum Gasteiger partial charge on any atom is -0.340 e. The van der Waals surface area contributed by atoms with Crippen molar-refractivity contribution in [1.82, 2.24) is 10.2 Å². The zero-order valence-electron chi connectivity index (χ0n) is 8.90. The highest BCUT2D eigenvalue weighted by Gasteiger charge is 2.23. The Bertz CT molecular complexity index is 317. The van der Waals surface area contributed by atoms with Crippen LogP contribution in [-0.2, 0) is 4.79 Å². The number of carbonyl (C=O) groups excluding carboxylic acids is 1. The molecule has 1 N–H and O–H groups in total. The molecule has 1 aromatic rings. The lowest BCUT2D eigenvalue weighted by Crippen LogP contribution is -2.47. The summed E-state index contributed by atoms with van der Waals surface area (Å²) in [5.41, 5.74) is 1.14. The topological polar surface area (TPSA) is 32.3 Å². The minimum atomic E-state index is 0.00866.